The third-order valence-electron chi connectivity index (χ3n) is 6.83. The molecule has 7 nitrogen and oxygen atoms in total. The Hall–Kier alpha value is -2.35. The minimum Gasteiger partial charge on any atom is -0.356 e. The zero-order valence-corrected chi connectivity index (χ0v) is 20.7. The first-order valence-electron chi connectivity index (χ1n) is 12.1. The van der Waals surface area contributed by atoms with Crippen molar-refractivity contribution >= 4 is 29.3 Å². The van der Waals surface area contributed by atoms with Crippen LogP contribution in [0.25, 0.3) is 0 Å². The van der Waals surface area contributed by atoms with E-state index in [2.05, 4.69) is 46.1 Å². The summed E-state index contributed by atoms with van der Waals surface area (Å²) in [6.07, 6.45) is 8.85. The van der Waals surface area contributed by atoms with E-state index in [1.54, 1.807) is 16.7 Å². The van der Waals surface area contributed by atoms with Crippen LogP contribution in [-0.4, -0.2) is 45.9 Å². The van der Waals surface area contributed by atoms with Crippen molar-refractivity contribution in [3.63, 3.8) is 0 Å². The molecule has 0 spiro atoms. The van der Waals surface area contributed by atoms with Crippen LogP contribution in [0.3, 0.4) is 0 Å². The van der Waals surface area contributed by atoms with Gasteiger partial charge in [-0.25, -0.2) is 0 Å². The highest BCUT2D eigenvalue weighted by molar-refractivity contribution is 7.98. The average Bonchev–Trinajstić information content (AvgIpc) is 3.56. The van der Waals surface area contributed by atoms with E-state index < -0.39 is 0 Å². The van der Waals surface area contributed by atoms with Crippen LogP contribution in [0.5, 0.6) is 0 Å². The molecule has 2 amide bonds. The lowest BCUT2D eigenvalue weighted by Crippen LogP contribution is -2.33. The molecule has 0 bridgehead atoms. The van der Waals surface area contributed by atoms with Gasteiger partial charge in [0.05, 0.1) is 5.92 Å². The predicted molar refractivity (Wildman–Crippen MR) is 132 cm³/mol. The molecule has 4 rings (SSSR count). The summed E-state index contributed by atoms with van der Waals surface area (Å²) in [4.78, 5) is 27.1. The van der Waals surface area contributed by atoms with Gasteiger partial charge in [0, 0.05) is 37.7 Å². The Morgan fingerprint density at radius 3 is 2.76 bits per heavy atom. The Morgan fingerprint density at radius 1 is 1.24 bits per heavy atom. The van der Waals surface area contributed by atoms with Gasteiger partial charge >= 0.3 is 0 Å². The number of aromatic nitrogens is 3. The van der Waals surface area contributed by atoms with Crippen molar-refractivity contribution in [1.82, 2.24) is 20.1 Å². The number of rotatable bonds is 9. The average molecular weight is 470 g/mol. The van der Waals surface area contributed by atoms with Crippen LogP contribution in [0, 0.1) is 5.92 Å². The van der Waals surface area contributed by atoms with Gasteiger partial charge in [-0.1, -0.05) is 50.6 Å². The highest BCUT2D eigenvalue weighted by Crippen LogP contribution is 2.33. The number of anilines is 1. The monoisotopic (exact) mass is 469 g/mol. The molecule has 8 heteroatoms. The molecule has 1 aromatic carbocycles. The molecule has 1 N–H and O–H groups in total. The van der Waals surface area contributed by atoms with Crippen LogP contribution in [0.2, 0.25) is 0 Å². The molecule has 33 heavy (non-hydrogen) atoms. The molecule has 1 aliphatic carbocycles. The lowest BCUT2D eigenvalue weighted by molar-refractivity contribution is -0.126. The van der Waals surface area contributed by atoms with Gasteiger partial charge in [-0.3, -0.25) is 9.59 Å². The fraction of sp³-hybridized carbons (Fsp3) is 0.600. The Bertz CT molecular complexity index is 983. The van der Waals surface area contributed by atoms with Crippen molar-refractivity contribution in [2.24, 2.45) is 5.92 Å². The summed E-state index contributed by atoms with van der Waals surface area (Å²) in [6.45, 7) is 5.30. The number of hydrogen-bond donors (Lipinski definition) is 1. The Morgan fingerprint density at radius 2 is 2.03 bits per heavy atom. The number of carbonyl (C=O) groups excluding carboxylic acids is 2. The second-order valence-electron chi connectivity index (χ2n) is 9.46. The number of hydrogen-bond acceptors (Lipinski definition) is 5. The first-order valence-corrected chi connectivity index (χ1v) is 13.4. The molecule has 178 valence electrons. The van der Waals surface area contributed by atoms with Crippen LogP contribution in [-0.2, 0) is 16.0 Å². The Balaban J connectivity index is 1.28. The maximum Gasteiger partial charge on any atom is 0.227 e. The molecule has 2 fully saturated rings. The molecule has 1 saturated carbocycles. The number of benzene rings is 1. The van der Waals surface area contributed by atoms with E-state index in [1.807, 2.05) is 18.4 Å². The molecule has 1 aromatic heterocycles. The lowest BCUT2D eigenvalue weighted by atomic mass is 10.0. The van der Waals surface area contributed by atoms with Gasteiger partial charge in [0.15, 0.2) is 5.16 Å². The van der Waals surface area contributed by atoms with Gasteiger partial charge in [-0.15, -0.1) is 10.2 Å². The topological polar surface area (TPSA) is 80.1 Å². The quantitative estimate of drug-likeness (QED) is 0.436. The van der Waals surface area contributed by atoms with Crippen LogP contribution in [0.15, 0.2) is 29.4 Å². The zero-order valence-electron chi connectivity index (χ0n) is 19.9. The van der Waals surface area contributed by atoms with Crippen molar-refractivity contribution in [2.45, 2.75) is 75.9 Å². The molecular formula is C25H35N5O2S. The number of nitrogens with zero attached hydrogens (tertiary/aromatic N) is 4. The maximum atomic E-state index is 12.8. The molecule has 1 atom stereocenters. The Kier molecular flexibility index (Phi) is 7.73. The molecular weight excluding hydrogens is 434 g/mol. The lowest BCUT2D eigenvalue weighted by Gasteiger charge is -2.18. The summed E-state index contributed by atoms with van der Waals surface area (Å²) in [5.74, 6) is 1.10. The van der Waals surface area contributed by atoms with Crippen LogP contribution in [0.1, 0.15) is 75.7 Å². The minimum absolute atomic E-state index is 0.0188. The van der Waals surface area contributed by atoms with E-state index in [9.17, 15) is 9.59 Å². The summed E-state index contributed by atoms with van der Waals surface area (Å²) in [6, 6.07) is 8.59. The third-order valence-corrected chi connectivity index (χ3v) is 7.47. The van der Waals surface area contributed by atoms with E-state index in [0.717, 1.165) is 29.5 Å². The van der Waals surface area contributed by atoms with Gasteiger partial charge in [-0.2, -0.15) is 0 Å². The number of carbonyl (C=O) groups is 2. The van der Waals surface area contributed by atoms with Crippen molar-refractivity contribution in [3.05, 3.63) is 35.7 Å². The van der Waals surface area contributed by atoms with E-state index in [-0.39, 0.29) is 24.2 Å². The van der Waals surface area contributed by atoms with Gasteiger partial charge in [0.25, 0.3) is 0 Å². The van der Waals surface area contributed by atoms with E-state index in [1.165, 1.54) is 31.2 Å². The number of amides is 2. The van der Waals surface area contributed by atoms with E-state index in [0.29, 0.717) is 25.0 Å². The molecule has 2 heterocycles. The second kappa shape index (κ2) is 10.7. The second-order valence-corrected chi connectivity index (χ2v) is 10.2. The van der Waals surface area contributed by atoms with Crippen LogP contribution in [0.4, 0.5) is 5.69 Å². The molecule has 1 saturated heterocycles. The van der Waals surface area contributed by atoms with E-state index in [4.69, 9.17) is 0 Å². The summed E-state index contributed by atoms with van der Waals surface area (Å²) in [5, 5.41) is 12.8. The maximum absolute atomic E-state index is 12.8. The first kappa shape index (κ1) is 23.8. The molecule has 1 unspecified atom stereocenters. The summed E-state index contributed by atoms with van der Waals surface area (Å²) >= 11 is 1.65. The van der Waals surface area contributed by atoms with Gasteiger partial charge in [-0.05, 0) is 49.1 Å². The highest BCUT2D eigenvalue weighted by atomic mass is 32.2. The first-order chi connectivity index (χ1) is 16.0. The predicted octanol–water partition coefficient (Wildman–Crippen LogP) is 4.34. The SMILES string of the molecule is CSc1nnc(CCCNC(=O)C2CC(=O)N(c3cccc(C(C)C)c3)C2)n1C1CCCC1. The van der Waals surface area contributed by atoms with Crippen molar-refractivity contribution in [3.8, 4) is 0 Å². The number of nitrogens with one attached hydrogen (secondary N) is 1. The fourth-order valence-electron chi connectivity index (χ4n) is 4.93. The Labute approximate surface area is 200 Å². The van der Waals surface area contributed by atoms with E-state index >= 15 is 0 Å². The molecule has 2 aliphatic rings. The smallest absolute Gasteiger partial charge is 0.227 e. The minimum atomic E-state index is -0.301. The largest absolute Gasteiger partial charge is 0.356 e. The molecule has 0 radical (unpaired) electrons. The van der Waals surface area contributed by atoms with Gasteiger partial charge in [0.1, 0.15) is 5.82 Å². The fourth-order valence-corrected chi connectivity index (χ4v) is 5.51. The van der Waals surface area contributed by atoms with Crippen LogP contribution >= 0.6 is 11.8 Å². The normalized spacial score (nSPS) is 19.1. The summed E-state index contributed by atoms with van der Waals surface area (Å²) in [7, 11) is 0. The summed E-state index contributed by atoms with van der Waals surface area (Å²) in [5.41, 5.74) is 2.08. The third kappa shape index (κ3) is 5.42. The van der Waals surface area contributed by atoms with Crippen molar-refractivity contribution in [1.29, 1.82) is 0 Å². The number of thioether (sulfide) groups is 1. The zero-order chi connectivity index (χ0) is 23.4. The summed E-state index contributed by atoms with van der Waals surface area (Å²) < 4.78 is 2.32. The van der Waals surface area contributed by atoms with Crippen LogP contribution < -0.4 is 10.2 Å². The standard InChI is InChI=1S/C25H35N5O2S/c1-17(2)18-8-6-11-21(14-18)29-16-19(15-23(29)31)24(32)26-13-7-12-22-27-28-25(33-3)30(22)20-9-4-5-10-20/h6,8,11,14,17,19-20H,4-5,7,9-10,12-13,15-16H2,1-3H3,(H,26,32). The van der Waals surface area contributed by atoms with Gasteiger partial charge < -0.3 is 14.8 Å². The molecule has 1 aliphatic heterocycles. The number of aryl methyl sites for hydroxylation is 1. The van der Waals surface area contributed by atoms with Crippen molar-refractivity contribution < 1.29 is 9.59 Å². The van der Waals surface area contributed by atoms with Gasteiger partial charge in [0.2, 0.25) is 11.8 Å². The molecule has 2 aromatic rings. The highest BCUT2D eigenvalue weighted by Gasteiger charge is 2.35. The van der Waals surface area contributed by atoms with Crippen molar-refractivity contribution in [2.75, 3.05) is 24.2 Å².